The number of carbonyl (C=O) groups excluding carboxylic acids is 3. The normalized spacial score (nSPS) is 27.4. The van der Waals surface area contributed by atoms with Crippen molar-refractivity contribution in [1.29, 1.82) is 0 Å². The molecule has 3 fully saturated rings. The van der Waals surface area contributed by atoms with Crippen LogP contribution in [0.3, 0.4) is 0 Å². The summed E-state index contributed by atoms with van der Waals surface area (Å²) in [6.07, 6.45) is 1.18. The van der Waals surface area contributed by atoms with Crippen LogP contribution in [-0.2, 0) is 23.9 Å². The second-order valence-electron chi connectivity index (χ2n) is 9.65. The van der Waals surface area contributed by atoms with E-state index in [4.69, 9.17) is 19.4 Å². The monoisotopic (exact) mass is 560 g/mol. The summed E-state index contributed by atoms with van der Waals surface area (Å²) in [5, 5.41) is 11.0. The number of thioether (sulfide) groups is 1. The van der Waals surface area contributed by atoms with E-state index in [0.29, 0.717) is 5.25 Å². The molecule has 0 radical (unpaired) electrons. The summed E-state index contributed by atoms with van der Waals surface area (Å²) < 4.78 is 42.4. The molecule has 1 aliphatic carbocycles. The van der Waals surface area contributed by atoms with Gasteiger partial charge in [-0.05, 0) is 37.5 Å². The summed E-state index contributed by atoms with van der Waals surface area (Å²) >= 11 is 1.85. The Balaban J connectivity index is 0.000000505. The highest BCUT2D eigenvalue weighted by Gasteiger charge is 2.66. The van der Waals surface area contributed by atoms with Crippen molar-refractivity contribution >= 4 is 35.5 Å². The van der Waals surface area contributed by atoms with Gasteiger partial charge in [-0.15, -0.1) is 11.8 Å². The van der Waals surface area contributed by atoms with Crippen LogP contribution < -0.4 is 10.1 Å². The lowest BCUT2D eigenvalue weighted by Crippen LogP contribution is -2.53. The van der Waals surface area contributed by atoms with Crippen LogP contribution in [0.4, 0.5) is 13.2 Å². The highest BCUT2D eigenvalue weighted by molar-refractivity contribution is 8.00. The molecule has 4 rings (SSSR count). The molecule has 210 valence electrons. The highest BCUT2D eigenvalue weighted by Crippen LogP contribution is 2.49. The molecule has 2 saturated heterocycles. The number of ether oxygens (including phenoxy) is 2. The molecular formula is C25H31F3N2O7S. The molecule has 3 aliphatic rings. The Bertz CT molecular complexity index is 1090. The SMILES string of the molecule is COC(=O)[C@]1(C)NC(c2ccc(SC3CCCCC3)c(OC)c2)C2C(=O)N(C)C(=O)C21.O=C(O)C(F)(F)F. The van der Waals surface area contributed by atoms with Crippen LogP contribution in [0.1, 0.15) is 50.6 Å². The number of carboxylic acid groups (broad SMARTS) is 1. The molecule has 9 nitrogen and oxygen atoms in total. The summed E-state index contributed by atoms with van der Waals surface area (Å²) in [5.74, 6) is -4.64. The molecule has 1 aromatic carbocycles. The highest BCUT2D eigenvalue weighted by atomic mass is 32.2. The first-order valence-corrected chi connectivity index (χ1v) is 13.0. The lowest BCUT2D eigenvalue weighted by molar-refractivity contribution is -0.192. The molecule has 4 atom stereocenters. The third-order valence-corrected chi connectivity index (χ3v) is 8.65. The van der Waals surface area contributed by atoms with E-state index in [-0.39, 0.29) is 11.8 Å². The van der Waals surface area contributed by atoms with Crippen LogP contribution in [-0.4, -0.2) is 72.0 Å². The number of hydrogen-bond acceptors (Lipinski definition) is 8. The topological polar surface area (TPSA) is 122 Å². The maximum Gasteiger partial charge on any atom is 0.490 e. The molecule has 3 unspecified atom stereocenters. The molecule has 2 aliphatic heterocycles. The number of hydrogen-bond donors (Lipinski definition) is 2. The smallest absolute Gasteiger partial charge is 0.490 e. The first-order valence-electron chi connectivity index (χ1n) is 12.1. The van der Waals surface area contributed by atoms with Gasteiger partial charge >= 0.3 is 18.1 Å². The molecule has 1 saturated carbocycles. The second kappa shape index (κ2) is 11.5. The Kier molecular flexibility index (Phi) is 9.02. The summed E-state index contributed by atoms with van der Waals surface area (Å²) in [7, 11) is 4.41. The number of benzene rings is 1. The maximum absolute atomic E-state index is 12.9. The van der Waals surface area contributed by atoms with E-state index >= 15 is 0 Å². The van der Waals surface area contributed by atoms with Crippen LogP contribution >= 0.6 is 11.8 Å². The number of methoxy groups -OCH3 is 2. The minimum absolute atomic E-state index is 0.278. The maximum atomic E-state index is 12.9. The van der Waals surface area contributed by atoms with Crippen molar-refractivity contribution in [3.05, 3.63) is 23.8 Å². The van der Waals surface area contributed by atoms with Crippen molar-refractivity contribution in [2.75, 3.05) is 21.3 Å². The predicted octanol–water partition coefficient (Wildman–Crippen LogP) is 3.56. The van der Waals surface area contributed by atoms with Crippen molar-refractivity contribution in [3.63, 3.8) is 0 Å². The number of esters is 1. The fourth-order valence-corrected chi connectivity index (χ4v) is 6.64. The summed E-state index contributed by atoms with van der Waals surface area (Å²) in [5.41, 5.74) is -0.450. The lowest BCUT2D eigenvalue weighted by atomic mass is 9.80. The van der Waals surface area contributed by atoms with E-state index in [1.165, 1.54) is 46.3 Å². The molecule has 0 spiro atoms. The van der Waals surface area contributed by atoms with Gasteiger partial charge in [-0.2, -0.15) is 13.2 Å². The van der Waals surface area contributed by atoms with Gasteiger partial charge in [0.15, 0.2) is 0 Å². The van der Waals surface area contributed by atoms with Gasteiger partial charge in [-0.3, -0.25) is 24.6 Å². The van der Waals surface area contributed by atoms with E-state index in [9.17, 15) is 27.6 Å². The Hall–Kier alpha value is -2.80. The minimum Gasteiger partial charge on any atom is -0.496 e. The largest absolute Gasteiger partial charge is 0.496 e. The zero-order chi connectivity index (χ0) is 28.4. The zero-order valence-corrected chi connectivity index (χ0v) is 22.3. The number of fused-ring (bicyclic) bond motifs is 1. The van der Waals surface area contributed by atoms with Gasteiger partial charge in [0.1, 0.15) is 11.3 Å². The number of likely N-dealkylation sites (tertiary alicyclic amines) is 1. The van der Waals surface area contributed by atoms with Gasteiger partial charge < -0.3 is 14.6 Å². The van der Waals surface area contributed by atoms with Crippen LogP contribution in [0.15, 0.2) is 23.1 Å². The lowest BCUT2D eigenvalue weighted by Gasteiger charge is -2.28. The molecule has 0 aromatic heterocycles. The number of carboxylic acids is 1. The summed E-state index contributed by atoms with van der Waals surface area (Å²) in [4.78, 5) is 49.5. The molecule has 2 amide bonds. The Labute approximate surface area is 222 Å². The summed E-state index contributed by atoms with van der Waals surface area (Å²) in [6.45, 7) is 1.64. The van der Waals surface area contributed by atoms with Gasteiger partial charge in [0.2, 0.25) is 11.8 Å². The fourth-order valence-electron chi connectivity index (χ4n) is 5.31. The van der Waals surface area contributed by atoms with Crippen molar-refractivity contribution in [2.45, 2.75) is 66.9 Å². The standard InChI is InChI=1S/C23H30N2O5S.C2HF3O2/c1-23(22(28)30-4)18-17(20(26)25(2)21(18)27)19(24-23)13-10-11-16(15(12-13)29-3)31-14-8-6-5-7-9-14;3-2(4,5)1(6)7/h10-12,14,17-19,24H,5-9H2,1-4H3;(H,6,7)/t17?,18?,19?,23-;/m1./s1. The van der Waals surface area contributed by atoms with Crippen LogP contribution in [0.5, 0.6) is 5.75 Å². The quantitative estimate of drug-likeness (QED) is 0.411. The predicted molar refractivity (Wildman–Crippen MR) is 130 cm³/mol. The number of aliphatic carboxylic acids is 1. The summed E-state index contributed by atoms with van der Waals surface area (Å²) in [6, 6.07) is 5.45. The third kappa shape index (κ3) is 5.78. The molecule has 2 N–H and O–H groups in total. The van der Waals surface area contributed by atoms with Gasteiger partial charge in [0.25, 0.3) is 0 Å². The number of carbonyl (C=O) groups is 4. The van der Waals surface area contributed by atoms with Crippen molar-refractivity contribution in [2.24, 2.45) is 11.8 Å². The minimum atomic E-state index is -5.08. The average molecular weight is 561 g/mol. The van der Waals surface area contributed by atoms with Crippen LogP contribution in [0, 0.1) is 11.8 Å². The van der Waals surface area contributed by atoms with Gasteiger partial charge in [-0.25, -0.2) is 4.79 Å². The number of rotatable bonds is 5. The molecule has 2 heterocycles. The Morgan fingerprint density at radius 3 is 2.26 bits per heavy atom. The van der Waals surface area contributed by atoms with E-state index in [1.54, 1.807) is 14.0 Å². The number of amides is 2. The number of halogens is 3. The molecule has 38 heavy (non-hydrogen) atoms. The number of imide groups is 1. The van der Waals surface area contributed by atoms with Crippen molar-refractivity contribution in [3.8, 4) is 5.75 Å². The average Bonchev–Trinajstić information content (AvgIpc) is 3.32. The second-order valence-corrected chi connectivity index (χ2v) is 11.0. The van der Waals surface area contributed by atoms with Gasteiger partial charge in [-0.1, -0.05) is 25.3 Å². The zero-order valence-electron chi connectivity index (χ0n) is 21.5. The van der Waals surface area contributed by atoms with E-state index in [0.717, 1.165) is 21.1 Å². The van der Waals surface area contributed by atoms with Crippen LogP contribution in [0.2, 0.25) is 0 Å². The number of alkyl halides is 3. The Morgan fingerprint density at radius 1 is 1.13 bits per heavy atom. The van der Waals surface area contributed by atoms with Crippen molar-refractivity contribution in [1.82, 2.24) is 10.2 Å². The first-order chi connectivity index (χ1) is 17.8. The molecule has 13 heteroatoms. The van der Waals surface area contributed by atoms with E-state index in [1.807, 2.05) is 30.0 Å². The van der Waals surface area contributed by atoms with Gasteiger partial charge in [0, 0.05) is 23.2 Å². The Morgan fingerprint density at radius 2 is 1.74 bits per heavy atom. The number of nitrogens with one attached hydrogen (secondary N) is 1. The fraction of sp³-hybridized carbons (Fsp3) is 0.600. The molecule has 1 aromatic rings. The number of nitrogens with zero attached hydrogens (tertiary/aromatic N) is 1. The van der Waals surface area contributed by atoms with Crippen molar-refractivity contribution < 1.29 is 46.9 Å². The van der Waals surface area contributed by atoms with Gasteiger partial charge in [0.05, 0.1) is 26.1 Å². The van der Waals surface area contributed by atoms with E-state index < -0.39 is 41.5 Å². The van der Waals surface area contributed by atoms with E-state index in [2.05, 4.69) is 5.32 Å². The van der Waals surface area contributed by atoms with Crippen LogP contribution in [0.25, 0.3) is 0 Å². The third-order valence-electron chi connectivity index (χ3n) is 7.25. The first kappa shape index (κ1) is 29.8. The molecule has 0 bridgehead atoms. The molecular weight excluding hydrogens is 529 g/mol.